The first-order valence-corrected chi connectivity index (χ1v) is 18.7. The van der Waals surface area contributed by atoms with E-state index in [4.69, 9.17) is 0 Å². The molecule has 11 aromatic rings. The molecule has 0 saturated carbocycles. The van der Waals surface area contributed by atoms with Crippen LogP contribution in [0.1, 0.15) is 22.3 Å². The molecular formula is C51H33N3. The van der Waals surface area contributed by atoms with Crippen LogP contribution < -0.4 is 4.90 Å². The van der Waals surface area contributed by atoms with Crippen molar-refractivity contribution in [3.05, 3.63) is 222 Å². The van der Waals surface area contributed by atoms with Crippen molar-refractivity contribution in [2.24, 2.45) is 0 Å². The van der Waals surface area contributed by atoms with E-state index in [1.54, 1.807) is 0 Å². The minimum absolute atomic E-state index is 0.481. The van der Waals surface area contributed by atoms with Gasteiger partial charge in [0.15, 0.2) is 0 Å². The van der Waals surface area contributed by atoms with Gasteiger partial charge in [0.2, 0.25) is 0 Å². The summed E-state index contributed by atoms with van der Waals surface area (Å²) in [6, 6.07) is 73.6. The molecule has 3 heterocycles. The van der Waals surface area contributed by atoms with Crippen molar-refractivity contribution in [1.82, 2.24) is 8.80 Å². The van der Waals surface area contributed by atoms with Gasteiger partial charge < -0.3 is 4.90 Å². The fraction of sp³-hybridized carbons (Fsp3) is 0.0196. The largest absolute Gasteiger partial charge is 0.310 e. The molecule has 0 fully saturated rings. The van der Waals surface area contributed by atoms with E-state index in [-0.39, 0.29) is 0 Å². The molecule has 0 saturated heterocycles. The van der Waals surface area contributed by atoms with Gasteiger partial charge in [-0.15, -0.1) is 0 Å². The van der Waals surface area contributed by atoms with Crippen LogP contribution in [0.2, 0.25) is 0 Å². The zero-order valence-electron chi connectivity index (χ0n) is 29.4. The number of hydrogen-bond donors (Lipinski definition) is 0. The van der Waals surface area contributed by atoms with Gasteiger partial charge in [0.1, 0.15) is 5.65 Å². The van der Waals surface area contributed by atoms with Gasteiger partial charge in [-0.3, -0.25) is 8.80 Å². The molecule has 1 aliphatic rings. The van der Waals surface area contributed by atoms with E-state index in [2.05, 4.69) is 214 Å². The first-order valence-electron chi connectivity index (χ1n) is 18.7. The second-order valence-electron chi connectivity index (χ2n) is 14.5. The number of rotatable bonds is 5. The number of nitrogens with zero attached hydrogens (tertiary/aromatic N) is 3. The highest BCUT2D eigenvalue weighted by molar-refractivity contribution is 6.24. The first-order chi connectivity index (χ1) is 26.8. The third kappa shape index (κ3) is 3.70. The highest BCUT2D eigenvalue weighted by Gasteiger charge is 2.47. The van der Waals surface area contributed by atoms with Gasteiger partial charge >= 0.3 is 0 Å². The lowest BCUT2D eigenvalue weighted by atomic mass is 9.68. The van der Waals surface area contributed by atoms with Gasteiger partial charge in [-0.05, 0) is 76.3 Å². The Morgan fingerprint density at radius 2 is 0.944 bits per heavy atom. The van der Waals surface area contributed by atoms with Crippen LogP contribution in [-0.4, -0.2) is 8.80 Å². The molecule has 0 amide bonds. The van der Waals surface area contributed by atoms with Crippen molar-refractivity contribution in [2.45, 2.75) is 5.41 Å². The Morgan fingerprint density at radius 3 is 1.63 bits per heavy atom. The van der Waals surface area contributed by atoms with Crippen LogP contribution in [0, 0.1) is 0 Å². The van der Waals surface area contributed by atoms with Crippen molar-refractivity contribution in [3.8, 4) is 11.1 Å². The summed E-state index contributed by atoms with van der Waals surface area (Å²) in [7, 11) is 0. The molecule has 1 aliphatic carbocycles. The molecule has 0 radical (unpaired) electrons. The Bertz CT molecular complexity index is 3160. The van der Waals surface area contributed by atoms with Crippen molar-refractivity contribution in [2.75, 3.05) is 4.90 Å². The summed E-state index contributed by atoms with van der Waals surface area (Å²) in [5.41, 5.74) is 16.7. The summed E-state index contributed by atoms with van der Waals surface area (Å²) < 4.78 is 4.94. The van der Waals surface area contributed by atoms with Crippen molar-refractivity contribution >= 4 is 60.9 Å². The second kappa shape index (κ2) is 11.0. The van der Waals surface area contributed by atoms with Gasteiger partial charge in [0.25, 0.3) is 0 Å². The summed E-state index contributed by atoms with van der Waals surface area (Å²) >= 11 is 0. The number of imidazole rings is 1. The number of para-hydroxylation sites is 3. The fourth-order valence-corrected chi connectivity index (χ4v) is 9.87. The summed E-state index contributed by atoms with van der Waals surface area (Å²) in [5.74, 6) is 0. The van der Waals surface area contributed by atoms with Crippen LogP contribution in [0.15, 0.2) is 200 Å². The van der Waals surface area contributed by atoms with Crippen LogP contribution in [-0.2, 0) is 5.41 Å². The van der Waals surface area contributed by atoms with E-state index >= 15 is 0 Å². The van der Waals surface area contributed by atoms with Crippen LogP contribution >= 0.6 is 0 Å². The summed E-state index contributed by atoms with van der Waals surface area (Å²) in [6.07, 6.45) is 0. The monoisotopic (exact) mass is 687 g/mol. The number of fused-ring (bicyclic) bond motifs is 12. The highest BCUT2D eigenvalue weighted by atomic mass is 15.2. The SMILES string of the molecule is c1ccc(N(c2ccc3c(c2)n2c4ccccc4c4c5ccccc5n3c42)c2cccc3c2-c2ccccc2C3(c2ccccc2)c2ccccc2)cc1. The Kier molecular flexibility index (Phi) is 5.98. The van der Waals surface area contributed by atoms with Crippen molar-refractivity contribution < 1.29 is 0 Å². The van der Waals surface area contributed by atoms with E-state index in [1.807, 2.05) is 0 Å². The van der Waals surface area contributed by atoms with E-state index in [0.717, 1.165) is 17.1 Å². The lowest BCUT2D eigenvalue weighted by Gasteiger charge is -2.34. The van der Waals surface area contributed by atoms with E-state index in [0.29, 0.717) is 0 Å². The Morgan fingerprint density at radius 1 is 0.389 bits per heavy atom. The molecule has 252 valence electrons. The Balaban J connectivity index is 1.18. The minimum atomic E-state index is -0.481. The Labute approximate surface area is 312 Å². The summed E-state index contributed by atoms with van der Waals surface area (Å²) in [5, 5.41) is 3.89. The zero-order valence-corrected chi connectivity index (χ0v) is 29.4. The smallest absolute Gasteiger partial charge is 0.131 e. The highest BCUT2D eigenvalue weighted by Crippen LogP contribution is 2.59. The quantitative estimate of drug-likeness (QED) is 0.175. The maximum absolute atomic E-state index is 2.48. The maximum atomic E-state index is 2.48. The standard InChI is InChI=1S/C51H33N3/c1-4-17-34(18-5-1)51(35-19-6-2-7-20-35)41-26-13-10-23-38(41)49-42(51)27-16-30-46(49)52(36-21-8-3-9-22-36)37-31-32-45-47(33-37)54-44-29-15-12-25-40(44)48-39-24-11-14-28-43(39)53(45)50(48)54/h1-33H. The van der Waals surface area contributed by atoms with Gasteiger partial charge in [-0.25, -0.2) is 0 Å². The molecule has 0 spiro atoms. The van der Waals surface area contributed by atoms with Crippen molar-refractivity contribution in [3.63, 3.8) is 0 Å². The van der Waals surface area contributed by atoms with Gasteiger partial charge in [-0.2, -0.15) is 0 Å². The molecule has 3 heteroatoms. The molecule has 0 atom stereocenters. The third-order valence-corrected chi connectivity index (χ3v) is 11.9. The zero-order chi connectivity index (χ0) is 35.4. The minimum Gasteiger partial charge on any atom is -0.310 e. The van der Waals surface area contributed by atoms with Crippen molar-refractivity contribution in [1.29, 1.82) is 0 Å². The lowest BCUT2D eigenvalue weighted by Crippen LogP contribution is -2.28. The summed E-state index contributed by atoms with van der Waals surface area (Å²) in [4.78, 5) is 2.47. The average molecular weight is 688 g/mol. The Hall–Kier alpha value is -7.10. The van der Waals surface area contributed by atoms with E-state index < -0.39 is 5.41 Å². The van der Waals surface area contributed by atoms with Crippen LogP contribution in [0.5, 0.6) is 0 Å². The number of aromatic nitrogens is 2. The predicted molar refractivity (Wildman–Crippen MR) is 224 cm³/mol. The lowest BCUT2D eigenvalue weighted by molar-refractivity contribution is 0.768. The summed E-state index contributed by atoms with van der Waals surface area (Å²) in [6.45, 7) is 0. The molecule has 12 rings (SSSR count). The maximum Gasteiger partial charge on any atom is 0.131 e. The molecule has 8 aromatic carbocycles. The topological polar surface area (TPSA) is 12.1 Å². The van der Waals surface area contributed by atoms with Gasteiger partial charge in [0, 0.05) is 33.1 Å². The first kappa shape index (κ1) is 29.5. The normalized spacial score (nSPS) is 13.3. The molecule has 0 unspecified atom stereocenters. The molecule has 54 heavy (non-hydrogen) atoms. The molecule has 3 aromatic heterocycles. The van der Waals surface area contributed by atoms with Crippen LogP contribution in [0.25, 0.3) is 55.0 Å². The second-order valence-corrected chi connectivity index (χ2v) is 14.5. The molecule has 3 nitrogen and oxygen atoms in total. The van der Waals surface area contributed by atoms with Gasteiger partial charge in [-0.1, -0.05) is 152 Å². The van der Waals surface area contributed by atoms with E-state index in [1.165, 1.54) is 77.3 Å². The number of benzene rings is 8. The van der Waals surface area contributed by atoms with Crippen LogP contribution in [0.4, 0.5) is 17.1 Å². The molecule has 0 N–H and O–H groups in total. The third-order valence-electron chi connectivity index (χ3n) is 11.9. The van der Waals surface area contributed by atoms with E-state index in [9.17, 15) is 0 Å². The molecular weight excluding hydrogens is 655 g/mol. The number of anilines is 3. The van der Waals surface area contributed by atoms with Crippen LogP contribution in [0.3, 0.4) is 0 Å². The molecule has 0 bridgehead atoms. The average Bonchev–Trinajstić information content (AvgIpc) is 3.95. The molecule has 0 aliphatic heterocycles. The van der Waals surface area contributed by atoms with Gasteiger partial charge in [0.05, 0.1) is 33.2 Å². The predicted octanol–water partition coefficient (Wildman–Crippen LogP) is 12.9. The fourth-order valence-electron chi connectivity index (χ4n) is 9.87. The number of hydrogen-bond acceptors (Lipinski definition) is 1.